The monoisotopic (exact) mass is 360 g/mol. The molecule has 0 aliphatic carbocycles. The van der Waals surface area contributed by atoms with Crippen molar-refractivity contribution < 1.29 is 23.7 Å². The first-order valence-electron chi connectivity index (χ1n) is 7.61. The van der Waals surface area contributed by atoms with Crippen LogP contribution in [-0.4, -0.2) is 69.0 Å². The molecule has 1 aromatic heterocycles. The summed E-state index contributed by atoms with van der Waals surface area (Å²) in [5.41, 5.74) is 0.144. The van der Waals surface area contributed by atoms with Crippen molar-refractivity contribution in [2.24, 2.45) is 7.05 Å². The third-order valence-corrected chi connectivity index (χ3v) is 4.34. The molecule has 136 valence electrons. The number of aromatic nitrogens is 2. The Balaban J connectivity index is 2.35. The van der Waals surface area contributed by atoms with Crippen LogP contribution < -0.4 is 5.56 Å². The van der Waals surface area contributed by atoms with Crippen LogP contribution in [0.25, 0.3) is 0 Å². The largest absolute Gasteiger partial charge is 0.382 e. The van der Waals surface area contributed by atoms with E-state index in [0.717, 1.165) is 0 Å². The van der Waals surface area contributed by atoms with Gasteiger partial charge in [-0.05, 0) is 12.2 Å². The van der Waals surface area contributed by atoms with Crippen LogP contribution in [0.5, 0.6) is 0 Å². The molecule has 1 aliphatic heterocycles. The van der Waals surface area contributed by atoms with E-state index in [2.05, 4.69) is 4.98 Å². The molecule has 0 amide bonds. The van der Waals surface area contributed by atoms with Gasteiger partial charge in [0, 0.05) is 34.6 Å². The Kier molecular flexibility index (Phi) is 7.08. The molecule has 1 fully saturated rings. The number of ether oxygens (including phenoxy) is 5. The van der Waals surface area contributed by atoms with Crippen LogP contribution >= 0.6 is 12.2 Å². The first kappa shape index (κ1) is 19.2. The van der Waals surface area contributed by atoms with Crippen LogP contribution in [0.15, 0.2) is 11.0 Å². The quantitative estimate of drug-likeness (QED) is 0.536. The van der Waals surface area contributed by atoms with Crippen molar-refractivity contribution in [3.8, 4) is 0 Å². The van der Waals surface area contributed by atoms with Crippen molar-refractivity contribution in [3.05, 3.63) is 26.9 Å². The van der Waals surface area contributed by atoms with Crippen molar-refractivity contribution >= 4 is 12.2 Å². The summed E-state index contributed by atoms with van der Waals surface area (Å²) in [6.07, 6.45) is -0.0783. The third-order valence-electron chi connectivity index (χ3n) is 3.95. The normalized spacial score (nSPS) is 26.8. The van der Waals surface area contributed by atoms with Crippen LogP contribution in [0.3, 0.4) is 0 Å². The number of aromatic amines is 1. The van der Waals surface area contributed by atoms with Crippen LogP contribution in [-0.2, 0) is 30.7 Å². The standard InChI is InChI=1S/C15H24N2O6S/c1-17-7-9(14(18)16-15(17)24)11-13(22-6-5-19-2)12(21-4)10(23-11)8-20-3/h7,10-13H,5-6,8H2,1-4H3,(H,16,18,24)/t10-,11+,12?,13?/m1/s1. The average molecular weight is 360 g/mol. The molecule has 0 bridgehead atoms. The van der Waals surface area contributed by atoms with E-state index in [9.17, 15) is 4.79 Å². The molecule has 0 spiro atoms. The van der Waals surface area contributed by atoms with Crippen molar-refractivity contribution in [2.45, 2.75) is 24.4 Å². The molecular weight excluding hydrogens is 336 g/mol. The van der Waals surface area contributed by atoms with E-state index in [1.54, 1.807) is 39.1 Å². The lowest BCUT2D eigenvalue weighted by atomic mass is 10.0. The molecule has 1 N–H and O–H groups in total. The van der Waals surface area contributed by atoms with Crippen molar-refractivity contribution in [1.29, 1.82) is 0 Å². The van der Waals surface area contributed by atoms with Gasteiger partial charge >= 0.3 is 0 Å². The highest BCUT2D eigenvalue weighted by Gasteiger charge is 2.47. The predicted molar refractivity (Wildman–Crippen MR) is 88.8 cm³/mol. The second-order valence-electron chi connectivity index (χ2n) is 5.53. The number of hydrogen-bond donors (Lipinski definition) is 1. The fourth-order valence-electron chi connectivity index (χ4n) is 2.80. The summed E-state index contributed by atoms with van der Waals surface area (Å²) < 4.78 is 29.7. The van der Waals surface area contributed by atoms with E-state index in [-0.39, 0.29) is 17.8 Å². The molecule has 24 heavy (non-hydrogen) atoms. The smallest absolute Gasteiger partial charge is 0.257 e. The van der Waals surface area contributed by atoms with E-state index in [1.807, 2.05) is 0 Å². The molecule has 1 aliphatic rings. The van der Waals surface area contributed by atoms with Crippen molar-refractivity contribution in [3.63, 3.8) is 0 Å². The number of aryl methyl sites for hydroxylation is 1. The van der Waals surface area contributed by atoms with Crippen molar-refractivity contribution in [1.82, 2.24) is 9.55 Å². The van der Waals surface area contributed by atoms with Gasteiger partial charge in [0.25, 0.3) is 5.56 Å². The van der Waals surface area contributed by atoms with Gasteiger partial charge in [-0.25, -0.2) is 0 Å². The lowest BCUT2D eigenvalue weighted by Crippen LogP contribution is -2.38. The Labute approximate surface area is 145 Å². The summed E-state index contributed by atoms with van der Waals surface area (Å²) in [5, 5.41) is 0. The number of nitrogens with one attached hydrogen (secondary N) is 1. The van der Waals surface area contributed by atoms with Crippen molar-refractivity contribution in [2.75, 3.05) is 41.2 Å². The van der Waals surface area contributed by atoms with Gasteiger partial charge in [-0.3, -0.25) is 9.78 Å². The van der Waals surface area contributed by atoms with Crippen LogP contribution in [0, 0.1) is 4.77 Å². The molecule has 1 saturated heterocycles. The summed E-state index contributed by atoms with van der Waals surface area (Å²) >= 11 is 5.08. The summed E-state index contributed by atoms with van der Waals surface area (Å²) in [6.45, 7) is 1.13. The molecule has 0 radical (unpaired) electrons. The fourth-order valence-corrected chi connectivity index (χ4v) is 2.94. The zero-order valence-corrected chi connectivity index (χ0v) is 15.1. The SMILES string of the molecule is COCCOC1C(OC)[C@@H](COC)O[C@H]1c1cn(C)c(=S)[nH]c1=O. The first-order valence-corrected chi connectivity index (χ1v) is 8.01. The van der Waals surface area contributed by atoms with Gasteiger partial charge < -0.3 is 28.3 Å². The number of H-pyrrole nitrogens is 1. The Morgan fingerprint density at radius 1 is 1.25 bits per heavy atom. The van der Waals surface area contributed by atoms with E-state index in [4.69, 9.17) is 35.9 Å². The lowest BCUT2D eigenvalue weighted by Gasteiger charge is -2.23. The van der Waals surface area contributed by atoms with Gasteiger partial charge in [0.1, 0.15) is 24.4 Å². The molecule has 9 heteroatoms. The number of methoxy groups -OCH3 is 3. The minimum Gasteiger partial charge on any atom is -0.382 e. The second kappa shape index (κ2) is 8.84. The minimum absolute atomic E-state index is 0.295. The van der Waals surface area contributed by atoms with E-state index in [1.165, 1.54) is 0 Å². The molecule has 0 saturated carbocycles. The summed E-state index contributed by atoms with van der Waals surface area (Å²) in [4.78, 5) is 15.0. The van der Waals surface area contributed by atoms with Gasteiger partial charge in [0.05, 0.1) is 25.4 Å². The molecule has 2 rings (SSSR count). The molecule has 8 nitrogen and oxygen atoms in total. The Morgan fingerprint density at radius 2 is 2.00 bits per heavy atom. The van der Waals surface area contributed by atoms with Gasteiger partial charge in [-0.2, -0.15) is 0 Å². The van der Waals surface area contributed by atoms with E-state index in [0.29, 0.717) is 30.2 Å². The highest BCUT2D eigenvalue weighted by Crippen LogP contribution is 2.35. The highest BCUT2D eigenvalue weighted by atomic mass is 32.1. The Hall–Kier alpha value is -1.10. The highest BCUT2D eigenvalue weighted by molar-refractivity contribution is 7.71. The lowest BCUT2D eigenvalue weighted by molar-refractivity contribution is -0.0659. The third kappa shape index (κ3) is 4.11. The zero-order chi connectivity index (χ0) is 17.7. The van der Waals surface area contributed by atoms with Crippen LogP contribution in [0.4, 0.5) is 0 Å². The minimum atomic E-state index is -0.586. The summed E-state index contributed by atoms with van der Waals surface area (Å²) in [6, 6.07) is 0. The number of nitrogens with zero attached hydrogens (tertiary/aromatic N) is 1. The first-order chi connectivity index (χ1) is 11.5. The summed E-state index contributed by atoms with van der Waals surface area (Å²) in [7, 11) is 6.53. The fraction of sp³-hybridized carbons (Fsp3) is 0.733. The molecule has 4 atom stereocenters. The maximum absolute atomic E-state index is 12.3. The van der Waals surface area contributed by atoms with Gasteiger partial charge in [0.2, 0.25) is 0 Å². The van der Waals surface area contributed by atoms with Crippen LogP contribution in [0.2, 0.25) is 0 Å². The molecule has 2 unspecified atom stereocenters. The van der Waals surface area contributed by atoms with Crippen LogP contribution in [0.1, 0.15) is 11.7 Å². The second-order valence-corrected chi connectivity index (χ2v) is 5.92. The molecule has 1 aromatic rings. The maximum atomic E-state index is 12.3. The maximum Gasteiger partial charge on any atom is 0.257 e. The van der Waals surface area contributed by atoms with E-state index >= 15 is 0 Å². The summed E-state index contributed by atoms with van der Waals surface area (Å²) in [5.74, 6) is 0. The number of hydrogen-bond acceptors (Lipinski definition) is 7. The Morgan fingerprint density at radius 3 is 2.62 bits per heavy atom. The molecule has 2 heterocycles. The van der Waals surface area contributed by atoms with E-state index < -0.39 is 12.2 Å². The van der Waals surface area contributed by atoms with Gasteiger partial charge in [-0.1, -0.05) is 0 Å². The zero-order valence-electron chi connectivity index (χ0n) is 14.3. The molecular formula is C15H24N2O6S. The van der Waals surface area contributed by atoms with Gasteiger partial charge in [0.15, 0.2) is 4.77 Å². The predicted octanol–water partition coefficient (Wildman–Crippen LogP) is 0.576. The number of rotatable bonds is 8. The van der Waals surface area contributed by atoms with Gasteiger partial charge in [-0.15, -0.1) is 0 Å². The average Bonchev–Trinajstić information content (AvgIpc) is 2.89. The molecule has 0 aromatic carbocycles. The Bertz CT molecular complexity index is 646. The topological polar surface area (TPSA) is 83.9 Å².